The van der Waals surface area contributed by atoms with E-state index in [9.17, 15) is 5.11 Å². The van der Waals surface area contributed by atoms with Crippen LogP contribution in [-0.2, 0) is 0 Å². The van der Waals surface area contributed by atoms with Crippen molar-refractivity contribution in [2.45, 2.75) is 52.6 Å². The molecule has 1 nitrogen and oxygen atoms in total. The van der Waals surface area contributed by atoms with E-state index in [0.29, 0.717) is 5.41 Å². The standard InChI is InChI=1S/C10H20O/c1-8(11)7-10(2,3)9-5-4-6-9/h8-9,11H,4-7H2,1-3H3. The second-order valence-electron chi connectivity index (χ2n) is 4.67. The van der Waals surface area contributed by atoms with Gasteiger partial charge in [-0.3, -0.25) is 0 Å². The second-order valence-corrected chi connectivity index (χ2v) is 4.67. The molecule has 1 saturated carbocycles. The normalized spacial score (nSPS) is 22.9. The van der Waals surface area contributed by atoms with E-state index in [1.165, 1.54) is 19.3 Å². The van der Waals surface area contributed by atoms with Crippen molar-refractivity contribution in [3.63, 3.8) is 0 Å². The van der Waals surface area contributed by atoms with E-state index in [4.69, 9.17) is 0 Å². The molecule has 0 saturated heterocycles. The van der Waals surface area contributed by atoms with Gasteiger partial charge >= 0.3 is 0 Å². The van der Waals surface area contributed by atoms with Crippen molar-refractivity contribution in [1.82, 2.24) is 0 Å². The Morgan fingerprint density at radius 1 is 1.45 bits per heavy atom. The van der Waals surface area contributed by atoms with Gasteiger partial charge in [-0.1, -0.05) is 20.3 Å². The number of aliphatic hydroxyl groups is 1. The van der Waals surface area contributed by atoms with Crippen LogP contribution in [0.1, 0.15) is 46.5 Å². The highest BCUT2D eigenvalue weighted by Crippen LogP contribution is 2.44. The Kier molecular flexibility index (Phi) is 2.58. The molecule has 66 valence electrons. The van der Waals surface area contributed by atoms with Gasteiger partial charge in [0.1, 0.15) is 0 Å². The van der Waals surface area contributed by atoms with Crippen molar-refractivity contribution in [1.29, 1.82) is 0 Å². The van der Waals surface area contributed by atoms with Gasteiger partial charge in [-0.2, -0.15) is 0 Å². The molecule has 0 radical (unpaired) electrons. The molecule has 0 aromatic carbocycles. The summed E-state index contributed by atoms with van der Waals surface area (Å²) in [5, 5.41) is 9.26. The number of hydrogen-bond donors (Lipinski definition) is 1. The highest BCUT2D eigenvalue weighted by molar-refractivity contribution is 4.85. The lowest BCUT2D eigenvalue weighted by atomic mass is 9.65. The van der Waals surface area contributed by atoms with Gasteiger partial charge < -0.3 is 5.11 Å². The molecule has 1 aliphatic carbocycles. The van der Waals surface area contributed by atoms with Crippen molar-refractivity contribution in [3.8, 4) is 0 Å². The van der Waals surface area contributed by atoms with Crippen molar-refractivity contribution >= 4 is 0 Å². The zero-order chi connectivity index (χ0) is 8.48. The van der Waals surface area contributed by atoms with Crippen LogP contribution in [0.25, 0.3) is 0 Å². The Morgan fingerprint density at radius 2 is 2.00 bits per heavy atom. The zero-order valence-corrected chi connectivity index (χ0v) is 7.93. The maximum Gasteiger partial charge on any atom is 0.0517 e. The summed E-state index contributed by atoms with van der Waals surface area (Å²) < 4.78 is 0. The molecule has 0 aromatic heterocycles. The monoisotopic (exact) mass is 156 g/mol. The molecule has 1 rings (SSSR count). The van der Waals surface area contributed by atoms with Crippen molar-refractivity contribution < 1.29 is 5.11 Å². The molecule has 0 aliphatic heterocycles. The number of hydrogen-bond acceptors (Lipinski definition) is 1. The molecule has 1 aliphatic rings. The largest absolute Gasteiger partial charge is 0.393 e. The summed E-state index contributed by atoms with van der Waals surface area (Å²) in [6.07, 6.45) is 4.97. The molecular weight excluding hydrogens is 136 g/mol. The smallest absolute Gasteiger partial charge is 0.0517 e. The first-order valence-electron chi connectivity index (χ1n) is 4.70. The van der Waals surface area contributed by atoms with Crippen LogP contribution in [0.15, 0.2) is 0 Å². The van der Waals surface area contributed by atoms with Crippen molar-refractivity contribution in [2.75, 3.05) is 0 Å². The van der Waals surface area contributed by atoms with Crippen LogP contribution in [0.2, 0.25) is 0 Å². The van der Waals surface area contributed by atoms with E-state index >= 15 is 0 Å². The van der Waals surface area contributed by atoms with Gasteiger partial charge in [-0.25, -0.2) is 0 Å². The fraction of sp³-hybridized carbons (Fsp3) is 1.00. The molecule has 0 amide bonds. The van der Waals surface area contributed by atoms with Gasteiger partial charge in [0.25, 0.3) is 0 Å². The number of aliphatic hydroxyl groups excluding tert-OH is 1. The third kappa shape index (κ3) is 2.19. The molecule has 1 N–H and O–H groups in total. The summed E-state index contributed by atoms with van der Waals surface area (Å²) in [7, 11) is 0. The van der Waals surface area contributed by atoms with E-state index in [0.717, 1.165) is 12.3 Å². The minimum atomic E-state index is -0.134. The molecule has 1 unspecified atom stereocenters. The average Bonchev–Trinajstić information content (AvgIpc) is 1.50. The summed E-state index contributed by atoms with van der Waals surface area (Å²) in [6, 6.07) is 0. The molecule has 0 bridgehead atoms. The minimum Gasteiger partial charge on any atom is -0.393 e. The summed E-state index contributed by atoms with van der Waals surface area (Å²) in [5.41, 5.74) is 0.367. The third-order valence-corrected chi connectivity index (χ3v) is 3.03. The van der Waals surface area contributed by atoms with Gasteiger partial charge in [-0.15, -0.1) is 0 Å². The summed E-state index contributed by atoms with van der Waals surface area (Å²) in [6.45, 7) is 6.45. The maximum atomic E-state index is 9.26. The summed E-state index contributed by atoms with van der Waals surface area (Å²) in [5.74, 6) is 0.872. The van der Waals surface area contributed by atoms with E-state index < -0.39 is 0 Å². The summed E-state index contributed by atoms with van der Waals surface area (Å²) >= 11 is 0. The minimum absolute atomic E-state index is 0.134. The van der Waals surface area contributed by atoms with Crippen LogP contribution < -0.4 is 0 Å². The molecule has 1 heteroatoms. The third-order valence-electron chi connectivity index (χ3n) is 3.03. The van der Waals surface area contributed by atoms with Gasteiger partial charge in [0.2, 0.25) is 0 Å². The molecule has 0 aromatic rings. The van der Waals surface area contributed by atoms with Crippen LogP contribution in [0.4, 0.5) is 0 Å². The Morgan fingerprint density at radius 3 is 2.27 bits per heavy atom. The van der Waals surface area contributed by atoms with E-state index in [1.54, 1.807) is 0 Å². The lowest BCUT2D eigenvalue weighted by Gasteiger charge is -2.41. The SMILES string of the molecule is CC(O)CC(C)(C)C1CCC1. The quantitative estimate of drug-likeness (QED) is 0.666. The molecule has 0 heterocycles. The second kappa shape index (κ2) is 3.14. The first-order chi connectivity index (χ1) is 5.02. The topological polar surface area (TPSA) is 20.2 Å². The molecule has 11 heavy (non-hydrogen) atoms. The molecular formula is C10H20O. The summed E-state index contributed by atoms with van der Waals surface area (Å²) in [4.78, 5) is 0. The van der Waals surface area contributed by atoms with Gasteiger partial charge in [0.15, 0.2) is 0 Å². The van der Waals surface area contributed by atoms with Crippen LogP contribution >= 0.6 is 0 Å². The predicted octanol–water partition coefficient (Wildman–Crippen LogP) is 2.58. The Hall–Kier alpha value is -0.0400. The molecule has 1 fully saturated rings. The maximum absolute atomic E-state index is 9.26. The van der Waals surface area contributed by atoms with Crippen LogP contribution in [-0.4, -0.2) is 11.2 Å². The lowest BCUT2D eigenvalue weighted by Crippen LogP contribution is -2.32. The first-order valence-corrected chi connectivity index (χ1v) is 4.70. The van der Waals surface area contributed by atoms with Crippen LogP contribution in [0.5, 0.6) is 0 Å². The van der Waals surface area contributed by atoms with E-state index in [1.807, 2.05) is 6.92 Å². The molecule has 1 atom stereocenters. The highest BCUT2D eigenvalue weighted by Gasteiger charge is 2.34. The van der Waals surface area contributed by atoms with Crippen LogP contribution in [0.3, 0.4) is 0 Å². The van der Waals surface area contributed by atoms with Crippen LogP contribution in [0, 0.1) is 11.3 Å². The van der Waals surface area contributed by atoms with E-state index in [-0.39, 0.29) is 6.10 Å². The highest BCUT2D eigenvalue weighted by atomic mass is 16.3. The van der Waals surface area contributed by atoms with E-state index in [2.05, 4.69) is 13.8 Å². The van der Waals surface area contributed by atoms with Gasteiger partial charge in [0, 0.05) is 0 Å². The average molecular weight is 156 g/mol. The zero-order valence-electron chi connectivity index (χ0n) is 7.93. The van der Waals surface area contributed by atoms with Crippen molar-refractivity contribution in [3.05, 3.63) is 0 Å². The Labute approximate surface area is 69.8 Å². The first kappa shape index (κ1) is 9.05. The van der Waals surface area contributed by atoms with Gasteiger partial charge in [0.05, 0.1) is 6.10 Å². The fourth-order valence-corrected chi connectivity index (χ4v) is 2.12. The Bertz CT molecular complexity index is 123. The fourth-order valence-electron chi connectivity index (χ4n) is 2.12. The Balaban J connectivity index is 2.37. The predicted molar refractivity (Wildman–Crippen MR) is 47.4 cm³/mol. The molecule has 0 spiro atoms. The lowest BCUT2D eigenvalue weighted by molar-refractivity contribution is 0.0534. The number of rotatable bonds is 3. The van der Waals surface area contributed by atoms with Gasteiger partial charge in [-0.05, 0) is 37.5 Å². The van der Waals surface area contributed by atoms with Crippen molar-refractivity contribution in [2.24, 2.45) is 11.3 Å².